The summed E-state index contributed by atoms with van der Waals surface area (Å²) in [5, 5.41) is 10.3. The average Bonchev–Trinajstić information content (AvgIpc) is 2.61. The number of sulfonamides is 1. The Bertz CT molecular complexity index is 1060. The van der Waals surface area contributed by atoms with Gasteiger partial charge in [-0.15, -0.1) is 0 Å². The highest BCUT2D eigenvalue weighted by Crippen LogP contribution is 2.18. The van der Waals surface area contributed by atoms with Crippen LogP contribution < -0.4 is 10.5 Å². The van der Waals surface area contributed by atoms with Gasteiger partial charge in [0.1, 0.15) is 0 Å². The van der Waals surface area contributed by atoms with Crippen LogP contribution in [0.25, 0.3) is 10.8 Å². The van der Waals surface area contributed by atoms with Crippen molar-refractivity contribution in [3.8, 4) is 0 Å². The molecule has 1 amide bonds. The van der Waals surface area contributed by atoms with Crippen LogP contribution in [0.5, 0.6) is 0 Å². The van der Waals surface area contributed by atoms with Crippen molar-refractivity contribution in [2.24, 2.45) is 5.14 Å². The van der Waals surface area contributed by atoms with E-state index in [1.807, 2.05) is 42.5 Å². The summed E-state index contributed by atoms with van der Waals surface area (Å²) in [6.07, 6.45) is 0.254. The average molecular weight is 368 g/mol. The lowest BCUT2D eigenvalue weighted by atomic mass is 10.0. The molecule has 0 aliphatic heterocycles. The third-order valence-electron chi connectivity index (χ3n) is 4.24. The fourth-order valence-corrected chi connectivity index (χ4v) is 3.44. The minimum absolute atomic E-state index is 0.0330. The van der Waals surface area contributed by atoms with E-state index in [9.17, 15) is 13.2 Å². The summed E-state index contributed by atoms with van der Waals surface area (Å²) in [5.74, 6) is -0.131. The maximum Gasteiger partial charge on any atom is 0.238 e. The van der Waals surface area contributed by atoms with Crippen LogP contribution in [0.3, 0.4) is 0 Å². The van der Waals surface area contributed by atoms with Crippen LogP contribution in [0, 0.1) is 0 Å². The normalized spacial score (nSPS) is 12.7. The Morgan fingerprint density at radius 3 is 2.46 bits per heavy atom. The second-order valence-electron chi connectivity index (χ2n) is 6.26. The van der Waals surface area contributed by atoms with Crippen LogP contribution in [-0.4, -0.2) is 14.3 Å². The van der Waals surface area contributed by atoms with E-state index in [0.29, 0.717) is 5.56 Å². The molecule has 0 aromatic heterocycles. The molecule has 3 rings (SSSR count). The van der Waals surface area contributed by atoms with Gasteiger partial charge in [0, 0.05) is 0 Å². The van der Waals surface area contributed by atoms with Crippen molar-refractivity contribution in [2.75, 3.05) is 0 Å². The highest BCUT2D eigenvalue weighted by Gasteiger charge is 2.14. The van der Waals surface area contributed by atoms with E-state index in [0.717, 1.165) is 16.3 Å². The van der Waals surface area contributed by atoms with E-state index in [1.54, 1.807) is 19.1 Å². The number of hydrogen-bond acceptors (Lipinski definition) is 3. The first-order valence-corrected chi connectivity index (χ1v) is 9.77. The first-order chi connectivity index (χ1) is 12.3. The number of nitrogens with two attached hydrogens (primary N) is 1. The van der Waals surface area contributed by atoms with E-state index in [4.69, 9.17) is 5.14 Å². The summed E-state index contributed by atoms with van der Waals surface area (Å²) in [6, 6.07) is 19.9. The molecule has 0 saturated carbocycles. The van der Waals surface area contributed by atoms with E-state index in [2.05, 4.69) is 5.32 Å². The van der Waals surface area contributed by atoms with Crippen molar-refractivity contribution >= 4 is 26.7 Å². The number of carbonyl (C=O) groups is 1. The molecule has 0 unspecified atom stereocenters. The first kappa shape index (κ1) is 18.1. The molecular weight excluding hydrogens is 348 g/mol. The van der Waals surface area contributed by atoms with Crippen LogP contribution in [-0.2, 0) is 21.2 Å². The van der Waals surface area contributed by atoms with Crippen LogP contribution in [0.15, 0.2) is 71.6 Å². The van der Waals surface area contributed by atoms with Crippen LogP contribution in [0.1, 0.15) is 24.1 Å². The summed E-state index contributed by atoms with van der Waals surface area (Å²) in [6.45, 7) is 1.81. The molecule has 26 heavy (non-hydrogen) atoms. The molecule has 3 aromatic rings. The quantitative estimate of drug-likeness (QED) is 0.726. The maximum atomic E-state index is 12.4. The molecular formula is C20H20N2O3S. The van der Waals surface area contributed by atoms with Gasteiger partial charge in [-0.2, -0.15) is 0 Å². The van der Waals surface area contributed by atoms with E-state index in [-0.39, 0.29) is 23.3 Å². The van der Waals surface area contributed by atoms with Gasteiger partial charge in [-0.3, -0.25) is 4.79 Å². The molecule has 0 aliphatic rings. The first-order valence-electron chi connectivity index (χ1n) is 8.23. The highest BCUT2D eigenvalue weighted by molar-refractivity contribution is 7.89. The lowest BCUT2D eigenvalue weighted by Crippen LogP contribution is -2.28. The molecule has 1 atom stereocenters. The van der Waals surface area contributed by atoms with Gasteiger partial charge in [0.05, 0.1) is 17.4 Å². The summed E-state index contributed by atoms with van der Waals surface area (Å²) in [4.78, 5) is 12.4. The third kappa shape index (κ3) is 4.28. The van der Waals surface area contributed by atoms with Crippen LogP contribution in [0.2, 0.25) is 0 Å². The van der Waals surface area contributed by atoms with Gasteiger partial charge in [-0.25, -0.2) is 13.6 Å². The number of amides is 1. The number of hydrogen-bond donors (Lipinski definition) is 2. The summed E-state index contributed by atoms with van der Waals surface area (Å²) >= 11 is 0. The lowest BCUT2D eigenvalue weighted by molar-refractivity contribution is -0.121. The Kier molecular flexibility index (Phi) is 5.06. The Morgan fingerprint density at radius 2 is 1.73 bits per heavy atom. The predicted molar refractivity (Wildman–Crippen MR) is 102 cm³/mol. The third-order valence-corrected chi connectivity index (χ3v) is 5.15. The molecule has 0 fully saturated rings. The Balaban J connectivity index is 1.71. The molecule has 3 aromatic carbocycles. The largest absolute Gasteiger partial charge is 0.349 e. The molecule has 0 aliphatic carbocycles. The molecule has 0 spiro atoms. The van der Waals surface area contributed by atoms with E-state index < -0.39 is 10.0 Å². The van der Waals surface area contributed by atoms with Gasteiger partial charge in [-0.1, -0.05) is 54.6 Å². The fraction of sp³-hybridized carbons (Fsp3) is 0.150. The Morgan fingerprint density at radius 1 is 1.00 bits per heavy atom. The second-order valence-corrected chi connectivity index (χ2v) is 7.83. The lowest BCUT2D eigenvalue weighted by Gasteiger charge is -2.15. The molecule has 0 saturated heterocycles. The highest BCUT2D eigenvalue weighted by atomic mass is 32.2. The number of fused-ring (bicyclic) bond motifs is 1. The van der Waals surface area contributed by atoms with Gasteiger partial charge in [0.2, 0.25) is 15.9 Å². The summed E-state index contributed by atoms with van der Waals surface area (Å²) < 4.78 is 22.9. The number of rotatable bonds is 5. The summed E-state index contributed by atoms with van der Waals surface area (Å²) in [5.41, 5.74) is 1.61. The smallest absolute Gasteiger partial charge is 0.238 e. The van der Waals surface area contributed by atoms with E-state index in [1.165, 1.54) is 12.1 Å². The van der Waals surface area contributed by atoms with Crippen molar-refractivity contribution in [1.29, 1.82) is 0 Å². The molecule has 3 N–H and O–H groups in total. The molecule has 6 heteroatoms. The molecule has 134 valence electrons. The zero-order chi connectivity index (χ0) is 18.7. The van der Waals surface area contributed by atoms with Gasteiger partial charge in [0.25, 0.3) is 0 Å². The molecule has 0 heterocycles. The monoisotopic (exact) mass is 368 g/mol. The molecule has 0 bridgehead atoms. The zero-order valence-corrected chi connectivity index (χ0v) is 15.2. The van der Waals surface area contributed by atoms with Gasteiger partial charge in [0.15, 0.2) is 0 Å². The van der Waals surface area contributed by atoms with Crippen molar-refractivity contribution in [3.05, 3.63) is 77.9 Å². The minimum atomic E-state index is -3.77. The van der Waals surface area contributed by atoms with Crippen LogP contribution in [0.4, 0.5) is 0 Å². The van der Waals surface area contributed by atoms with Gasteiger partial charge in [-0.05, 0) is 41.0 Å². The van der Waals surface area contributed by atoms with Crippen molar-refractivity contribution < 1.29 is 13.2 Å². The van der Waals surface area contributed by atoms with Crippen LogP contribution >= 0.6 is 0 Å². The number of carbonyl (C=O) groups excluding carboxylic acids is 1. The number of nitrogens with one attached hydrogen (secondary N) is 1. The standard InChI is InChI=1S/C20H20N2O3S/c1-14(17-7-4-8-19(13-17)26(21,24)25)22-20(23)12-15-9-10-16-5-2-3-6-18(16)11-15/h2-11,13-14H,12H2,1H3,(H,22,23)(H2,21,24,25)/t14-/m1/s1. The van der Waals surface area contributed by atoms with Gasteiger partial charge < -0.3 is 5.32 Å². The SMILES string of the molecule is C[C@@H](NC(=O)Cc1ccc2ccccc2c1)c1cccc(S(N)(=O)=O)c1. The fourth-order valence-electron chi connectivity index (χ4n) is 2.87. The van der Waals surface area contributed by atoms with E-state index >= 15 is 0 Å². The maximum absolute atomic E-state index is 12.4. The number of primary sulfonamides is 1. The zero-order valence-electron chi connectivity index (χ0n) is 14.3. The predicted octanol–water partition coefficient (Wildman–Crippen LogP) is 2.91. The Hall–Kier alpha value is -2.70. The van der Waals surface area contributed by atoms with Gasteiger partial charge >= 0.3 is 0 Å². The second kappa shape index (κ2) is 7.27. The van der Waals surface area contributed by atoms with Crippen molar-refractivity contribution in [2.45, 2.75) is 24.3 Å². The summed E-state index contributed by atoms with van der Waals surface area (Å²) in [7, 11) is -3.77. The number of benzene rings is 3. The minimum Gasteiger partial charge on any atom is -0.349 e. The molecule has 0 radical (unpaired) electrons. The van der Waals surface area contributed by atoms with Crippen molar-refractivity contribution in [3.63, 3.8) is 0 Å². The Labute approximate surface area is 152 Å². The topological polar surface area (TPSA) is 89.3 Å². The van der Waals surface area contributed by atoms with Crippen molar-refractivity contribution in [1.82, 2.24) is 5.32 Å². The molecule has 5 nitrogen and oxygen atoms in total.